The number of carbonyl (C=O) groups is 1. The number of rotatable bonds is 2. The molecule has 0 aliphatic carbocycles. The Labute approximate surface area is 87.7 Å². The van der Waals surface area contributed by atoms with Crippen molar-refractivity contribution >= 4 is 5.91 Å². The summed E-state index contributed by atoms with van der Waals surface area (Å²) < 4.78 is 4.97. The Hall–Kier alpha value is -2.15. The molecule has 4 heteroatoms. The predicted octanol–water partition coefficient (Wildman–Crippen LogP) is 0.628. The highest BCUT2D eigenvalue weighted by atomic mass is 16.5. The Morgan fingerprint density at radius 3 is 2.93 bits per heavy atom. The molecule has 0 spiro atoms. The predicted molar refractivity (Wildman–Crippen MR) is 55.3 cm³/mol. The van der Waals surface area contributed by atoms with Gasteiger partial charge in [0, 0.05) is 0 Å². The number of ether oxygens (including phenoxy) is 1. The van der Waals surface area contributed by atoms with Gasteiger partial charge in [-0.05, 0) is 18.2 Å². The van der Waals surface area contributed by atoms with Gasteiger partial charge in [-0.1, -0.05) is 11.8 Å². The molecule has 0 heterocycles. The van der Waals surface area contributed by atoms with E-state index >= 15 is 0 Å². The number of carbonyl (C=O) groups excluding carboxylic acids is 1. The summed E-state index contributed by atoms with van der Waals surface area (Å²) in [6.07, 6.45) is -0.0311. The first-order valence-electron chi connectivity index (χ1n) is 4.27. The first-order valence-corrected chi connectivity index (χ1v) is 4.27. The third kappa shape index (κ3) is 3.24. The van der Waals surface area contributed by atoms with Gasteiger partial charge in [-0.2, -0.15) is 0 Å². The van der Waals surface area contributed by atoms with Crippen LogP contribution in [0, 0.1) is 11.8 Å². The topological polar surface area (TPSA) is 72.6 Å². The SMILES string of the molecule is COc1ccc(O)c(C#CCC(N)=O)c1. The Balaban J connectivity index is 2.91. The quantitative estimate of drug-likeness (QED) is 0.695. The van der Waals surface area contributed by atoms with E-state index in [0.717, 1.165) is 0 Å². The molecule has 3 N–H and O–H groups in total. The van der Waals surface area contributed by atoms with Crippen LogP contribution in [-0.4, -0.2) is 18.1 Å². The van der Waals surface area contributed by atoms with Crippen LogP contribution in [0.4, 0.5) is 0 Å². The fourth-order valence-electron chi connectivity index (χ4n) is 0.969. The Bertz CT molecular complexity index is 429. The van der Waals surface area contributed by atoms with E-state index < -0.39 is 5.91 Å². The van der Waals surface area contributed by atoms with Crippen LogP contribution < -0.4 is 10.5 Å². The Morgan fingerprint density at radius 2 is 2.33 bits per heavy atom. The molecule has 1 aromatic carbocycles. The van der Waals surface area contributed by atoms with E-state index in [4.69, 9.17) is 10.5 Å². The lowest BCUT2D eigenvalue weighted by Crippen LogP contribution is -2.08. The molecule has 0 radical (unpaired) electrons. The van der Waals surface area contributed by atoms with E-state index in [0.29, 0.717) is 11.3 Å². The number of amides is 1. The Kier molecular flexibility index (Phi) is 3.58. The molecular formula is C11H11NO3. The highest BCUT2D eigenvalue weighted by molar-refractivity contribution is 5.76. The summed E-state index contributed by atoms with van der Waals surface area (Å²) in [7, 11) is 1.52. The standard InChI is InChI=1S/C11H11NO3/c1-15-9-5-6-10(13)8(7-9)3-2-4-11(12)14/h5-7,13H,4H2,1H3,(H2,12,14). The second-order valence-electron chi connectivity index (χ2n) is 2.83. The summed E-state index contributed by atoms with van der Waals surface area (Å²) in [5.41, 5.74) is 5.33. The van der Waals surface area contributed by atoms with Gasteiger partial charge in [0.1, 0.15) is 11.5 Å². The number of hydrogen-bond acceptors (Lipinski definition) is 3. The van der Waals surface area contributed by atoms with Crippen molar-refractivity contribution in [3.63, 3.8) is 0 Å². The third-order valence-electron chi connectivity index (χ3n) is 1.69. The molecule has 15 heavy (non-hydrogen) atoms. The van der Waals surface area contributed by atoms with Crippen LogP contribution in [0.5, 0.6) is 11.5 Å². The zero-order chi connectivity index (χ0) is 11.3. The van der Waals surface area contributed by atoms with E-state index in [9.17, 15) is 9.90 Å². The van der Waals surface area contributed by atoms with Crippen molar-refractivity contribution in [2.24, 2.45) is 5.73 Å². The largest absolute Gasteiger partial charge is 0.507 e. The second kappa shape index (κ2) is 4.91. The second-order valence-corrected chi connectivity index (χ2v) is 2.83. The zero-order valence-electron chi connectivity index (χ0n) is 8.28. The first-order chi connectivity index (χ1) is 7.13. The molecule has 4 nitrogen and oxygen atoms in total. The number of aromatic hydroxyl groups is 1. The van der Waals surface area contributed by atoms with Crippen molar-refractivity contribution in [1.82, 2.24) is 0 Å². The smallest absolute Gasteiger partial charge is 0.229 e. The van der Waals surface area contributed by atoms with Crippen LogP contribution in [0.3, 0.4) is 0 Å². The molecule has 78 valence electrons. The van der Waals surface area contributed by atoms with Gasteiger partial charge >= 0.3 is 0 Å². The van der Waals surface area contributed by atoms with Gasteiger partial charge in [0.15, 0.2) is 0 Å². The van der Waals surface area contributed by atoms with Gasteiger partial charge in [0.2, 0.25) is 5.91 Å². The summed E-state index contributed by atoms with van der Waals surface area (Å²) in [6, 6.07) is 4.69. The molecular weight excluding hydrogens is 194 g/mol. The van der Waals surface area contributed by atoms with Crippen molar-refractivity contribution in [2.45, 2.75) is 6.42 Å². The molecule has 1 amide bonds. The summed E-state index contributed by atoms with van der Waals surface area (Å²) >= 11 is 0. The summed E-state index contributed by atoms with van der Waals surface area (Å²) in [5.74, 6) is 5.34. The number of phenolic OH excluding ortho intramolecular Hbond substituents is 1. The normalized spacial score (nSPS) is 8.87. The summed E-state index contributed by atoms with van der Waals surface area (Å²) in [4.78, 5) is 10.4. The fraction of sp³-hybridized carbons (Fsp3) is 0.182. The van der Waals surface area contributed by atoms with Gasteiger partial charge in [0.25, 0.3) is 0 Å². The van der Waals surface area contributed by atoms with Crippen molar-refractivity contribution in [3.05, 3.63) is 23.8 Å². The number of nitrogens with two attached hydrogens (primary N) is 1. The lowest BCUT2D eigenvalue weighted by atomic mass is 10.2. The maximum absolute atomic E-state index is 10.4. The molecule has 0 aliphatic rings. The third-order valence-corrected chi connectivity index (χ3v) is 1.69. The fourth-order valence-corrected chi connectivity index (χ4v) is 0.969. The van der Waals surface area contributed by atoms with Gasteiger partial charge < -0.3 is 15.6 Å². The van der Waals surface area contributed by atoms with Crippen LogP contribution in [0.1, 0.15) is 12.0 Å². The molecule has 0 saturated heterocycles. The number of benzene rings is 1. The van der Waals surface area contributed by atoms with Crippen LogP contribution >= 0.6 is 0 Å². The number of primary amides is 1. The van der Waals surface area contributed by atoms with E-state index in [-0.39, 0.29) is 12.2 Å². The summed E-state index contributed by atoms with van der Waals surface area (Å²) in [5, 5.41) is 9.42. The van der Waals surface area contributed by atoms with E-state index in [1.165, 1.54) is 13.2 Å². The molecule has 0 atom stereocenters. The number of methoxy groups -OCH3 is 1. The molecule has 0 saturated carbocycles. The highest BCUT2D eigenvalue weighted by Gasteiger charge is 1.99. The molecule has 0 aliphatic heterocycles. The maximum Gasteiger partial charge on any atom is 0.229 e. The zero-order valence-corrected chi connectivity index (χ0v) is 8.28. The van der Waals surface area contributed by atoms with E-state index in [2.05, 4.69) is 11.8 Å². The number of hydrogen-bond donors (Lipinski definition) is 2. The monoisotopic (exact) mass is 205 g/mol. The molecule has 0 bridgehead atoms. The van der Waals surface area contributed by atoms with Gasteiger partial charge in [-0.15, -0.1) is 0 Å². The van der Waals surface area contributed by atoms with Crippen LogP contribution in [0.15, 0.2) is 18.2 Å². The minimum atomic E-state index is -0.495. The lowest BCUT2D eigenvalue weighted by Gasteiger charge is -2.01. The van der Waals surface area contributed by atoms with Gasteiger partial charge in [-0.3, -0.25) is 4.79 Å². The van der Waals surface area contributed by atoms with E-state index in [1.807, 2.05) is 0 Å². The van der Waals surface area contributed by atoms with Crippen LogP contribution in [0.25, 0.3) is 0 Å². The first kappa shape index (κ1) is 10.9. The molecule has 0 unspecified atom stereocenters. The maximum atomic E-state index is 10.4. The number of phenols is 1. The van der Waals surface area contributed by atoms with E-state index in [1.54, 1.807) is 12.1 Å². The van der Waals surface area contributed by atoms with Crippen molar-refractivity contribution < 1.29 is 14.6 Å². The average Bonchev–Trinajstić information content (AvgIpc) is 2.20. The van der Waals surface area contributed by atoms with Gasteiger partial charge in [-0.25, -0.2) is 0 Å². The summed E-state index contributed by atoms with van der Waals surface area (Å²) in [6.45, 7) is 0. The Morgan fingerprint density at radius 1 is 1.60 bits per heavy atom. The van der Waals surface area contributed by atoms with Crippen molar-refractivity contribution in [3.8, 4) is 23.3 Å². The minimum absolute atomic E-state index is 0.0311. The van der Waals surface area contributed by atoms with Crippen LogP contribution in [-0.2, 0) is 4.79 Å². The van der Waals surface area contributed by atoms with Crippen molar-refractivity contribution in [1.29, 1.82) is 0 Å². The van der Waals surface area contributed by atoms with Crippen molar-refractivity contribution in [2.75, 3.05) is 7.11 Å². The minimum Gasteiger partial charge on any atom is -0.507 e. The van der Waals surface area contributed by atoms with Gasteiger partial charge in [0.05, 0.1) is 19.1 Å². The van der Waals surface area contributed by atoms with Crippen LogP contribution in [0.2, 0.25) is 0 Å². The molecule has 1 aromatic rings. The average molecular weight is 205 g/mol. The molecule has 0 fully saturated rings. The lowest BCUT2D eigenvalue weighted by molar-refractivity contribution is -0.117. The molecule has 1 rings (SSSR count). The molecule has 0 aromatic heterocycles. The highest BCUT2D eigenvalue weighted by Crippen LogP contribution is 2.21.